The number of anilines is 2. The molecule has 0 atom stereocenters. The lowest BCUT2D eigenvalue weighted by Crippen LogP contribution is -2.20. The van der Waals surface area contributed by atoms with Crippen molar-refractivity contribution in [1.82, 2.24) is 0 Å². The summed E-state index contributed by atoms with van der Waals surface area (Å²) in [6.45, 7) is 2.89. The SMILES string of the molecule is Cc1ccc(NC(=O)COc2ccc(CNc3ccc4c(c3)OCO4)cc2)cc1. The van der Waals surface area contributed by atoms with E-state index in [-0.39, 0.29) is 19.3 Å². The number of ether oxygens (including phenoxy) is 3. The summed E-state index contributed by atoms with van der Waals surface area (Å²) in [5.74, 6) is 1.98. The largest absolute Gasteiger partial charge is 0.484 e. The number of fused-ring (bicyclic) bond motifs is 1. The van der Waals surface area contributed by atoms with Gasteiger partial charge in [0.05, 0.1) is 0 Å². The van der Waals surface area contributed by atoms with Gasteiger partial charge in [-0.1, -0.05) is 29.8 Å². The molecule has 0 aliphatic carbocycles. The molecule has 0 saturated heterocycles. The molecule has 4 rings (SSSR count). The summed E-state index contributed by atoms with van der Waals surface area (Å²) in [6.07, 6.45) is 0. The molecule has 0 aromatic heterocycles. The number of benzene rings is 3. The average Bonchev–Trinajstić information content (AvgIpc) is 3.21. The first-order valence-electron chi connectivity index (χ1n) is 9.37. The number of nitrogens with one attached hydrogen (secondary N) is 2. The Hall–Kier alpha value is -3.67. The van der Waals surface area contributed by atoms with Crippen LogP contribution in [0.2, 0.25) is 0 Å². The summed E-state index contributed by atoms with van der Waals surface area (Å²) < 4.78 is 16.3. The van der Waals surface area contributed by atoms with Gasteiger partial charge in [0, 0.05) is 24.0 Å². The van der Waals surface area contributed by atoms with E-state index in [1.807, 2.05) is 73.7 Å². The first kappa shape index (κ1) is 18.7. The Bertz CT molecular complexity index is 985. The summed E-state index contributed by atoms with van der Waals surface area (Å²) in [4.78, 5) is 12.0. The smallest absolute Gasteiger partial charge is 0.262 e. The minimum absolute atomic E-state index is 0.0390. The van der Waals surface area contributed by atoms with E-state index < -0.39 is 0 Å². The fourth-order valence-corrected chi connectivity index (χ4v) is 2.90. The zero-order valence-corrected chi connectivity index (χ0v) is 16.1. The molecule has 1 amide bonds. The molecule has 6 nitrogen and oxygen atoms in total. The van der Waals surface area contributed by atoms with E-state index in [9.17, 15) is 4.79 Å². The molecule has 3 aromatic rings. The van der Waals surface area contributed by atoms with Gasteiger partial charge in [-0.05, 0) is 48.9 Å². The third-order valence-corrected chi connectivity index (χ3v) is 4.50. The van der Waals surface area contributed by atoms with Gasteiger partial charge in [0.15, 0.2) is 18.1 Å². The Kier molecular flexibility index (Phi) is 5.52. The van der Waals surface area contributed by atoms with Gasteiger partial charge in [0.2, 0.25) is 6.79 Å². The standard InChI is InChI=1S/C23H22N2O4/c1-16-2-6-18(7-3-16)25-23(26)14-27-20-9-4-17(5-10-20)13-24-19-8-11-21-22(12-19)29-15-28-21/h2-12,24H,13-15H2,1H3,(H,25,26). The molecule has 1 aliphatic heterocycles. The molecule has 0 spiro atoms. The van der Waals surface area contributed by atoms with Crippen LogP contribution in [0.4, 0.5) is 11.4 Å². The van der Waals surface area contributed by atoms with Gasteiger partial charge >= 0.3 is 0 Å². The fourth-order valence-electron chi connectivity index (χ4n) is 2.90. The predicted molar refractivity (Wildman–Crippen MR) is 112 cm³/mol. The van der Waals surface area contributed by atoms with E-state index in [1.54, 1.807) is 0 Å². The minimum Gasteiger partial charge on any atom is -0.484 e. The van der Waals surface area contributed by atoms with Crippen LogP contribution in [0.25, 0.3) is 0 Å². The highest BCUT2D eigenvalue weighted by atomic mass is 16.7. The Morgan fingerprint density at radius 1 is 0.931 bits per heavy atom. The number of aryl methyl sites for hydroxylation is 1. The van der Waals surface area contributed by atoms with Crippen LogP contribution in [0.1, 0.15) is 11.1 Å². The topological polar surface area (TPSA) is 68.8 Å². The molecule has 3 aromatic carbocycles. The molecule has 1 aliphatic rings. The fraction of sp³-hybridized carbons (Fsp3) is 0.174. The van der Waals surface area contributed by atoms with Crippen LogP contribution in [0.3, 0.4) is 0 Å². The number of carbonyl (C=O) groups excluding carboxylic acids is 1. The van der Waals surface area contributed by atoms with Crippen LogP contribution in [0.15, 0.2) is 66.7 Å². The van der Waals surface area contributed by atoms with Gasteiger partial charge in [0.25, 0.3) is 5.91 Å². The zero-order valence-electron chi connectivity index (χ0n) is 16.1. The summed E-state index contributed by atoms with van der Waals surface area (Å²) in [6, 6.07) is 21.1. The second-order valence-electron chi connectivity index (χ2n) is 6.77. The molecule has 0 unspecified atom stereocenters. The summed E-state index contributed by atoms with van der Waals surface area (Å²) >= 11 is 0. The van der Waals surface area contributed by atoms with E-state index in [0.717, 1.165) is 34.0 Å². The van der Waals surface area contributed by atoms with Gasteiger partial charge in [0.1, 0.15) is 5.75 Å². The Morgan fingerprint density at radius 2 is 1.66 bits per heavy atom. The monoisotopic (exact) mass is 390 g/mol. The second kappa shape index (κ2) is 8.56. The van der Waals surface area contributed by atoms with Crippen LogP contribution in [0, 0.1) is 6.92 Å². The molecule has 29 heavy (non-hydrogen) atoms. The van der Waals surface area contributed by atoms with Crippen molar-refractivity contribution in [2.75, 3.05) is 24.0 Å². The van der Waals surface area contributed by atoms with E-state index in [4.69, 9.17) is 14.2 Å². The lowest BCUT2D eigenvalue weighted by Gasteiger charge is -2.10. The predicted octanol–water partition coefficient (Wildman–Crippen LogP) is 4.35. The number of rotatable bonds is 7. The molecule has 6 heteroatoms. The molecule has 148 valence electrons. The number of hydrogen-bond acceptors (Lipinski definition) is 5. The molecule has 0 bridgehead atoms. The molecule has 0 saturated carbocycles. The van der Waals surface area contributed by atoms with E-state index >= 15 is 0 Å². The zero-order chi connectivity index (χ0) is 20.1. The van der Waals surface area contributed by atoms with Gasteiger partial charge in [-0.2, -0.15) is 0 Å². The van der Waals surface area contributed by atoms with Gasteiger partial charge in [-0.25, -0.2) is 0 Å². The minimum atomic E-state index is -0.192. The maximum absolute atomic E-state index is 12.0. The van der Waals surface area contributed by atoms with Crippen LogP contribution in [-0.2, 0) is 11.3 Å². The number of amides is 1. The van der Waals surface area contributed by atoms with Crippen molar-refractivity contribution in [3.05, 3.63) is 77.9 Å². The molecular weight excluding hydrogens is 368 g/mol. The highest BCUT2D eigenvalue weighted by molar-refractivity contribution is 5.91. The van der Waals surface area contributed by atoms with Crippen LogP contribution < -0.4 is 24.8 Å². The molecule has 2 N–H and O–H groups in total. The maximum Gasteiger partial charge on any atom is 0.262 e. The third kappa shape index (κ3) is 4.99. The normalized spacial score (nSPS) is 11.8. The first-order valence-corrected chi connectivity index (χ1v) is 9.37. The molecule has 1 heterocycles. The summed E-state index contributed by atoms with van der Waals surface area (Å²) in [7, 11) is 0. The van der Waals surface area contributed by atoms with Gasteiger partial charge in [-0.3, -0.25) is 4.79 Å². The Balaban J connectivity index is 1.24. The van der Waals surface area contributed by atoms with Crippen molar-refractivity contribution in [2.45, 2.75) is 13.5 Å². The highest BCUT2D eigenvalue weighted by Crippen LogP contribution is 2.34. The molecule has 0 radical (unpaired) electrons. The average molecular weight is 390 g/mol. The quantitative estimate of drug-likeness (QED) is 0.628. The van der Waals surface area contributed by atoms with E-state index in [2.05, 4.69) is 10.6 Å². The van der Waals surface area contributed by atoms with Crippen molar-refractivity contribution in [2.24, 2.45) is 0 Å². The number of carbonyl (C=O) groups is 1. The molecule has 0 fully saturated rings. The van der Waals surface area contributed by atoms with Gasteiger partial charge < -0.3 is 24.8 Å². The second-order valence-corrected chi connectivity index (χ2v) is 6.77. The Labute approximate surface area is 169 Å². The van der Waals surface area contributed by atoms with E-state index in [0.29, 0.717) is 12.3 Å². The van der Waals surface area contributed by atoms with Crippen LogP contribution in [-0.4, -0.2) is 19.3 Å². The van der Waals surface area contributed by atoms with E-state index in [1.165, 1.54) is 0 Å². The van der Waals surface area contributed by atoms with Crippen LogP contribution >= 0.6 is 0 Å². The van der Waals surface area contributed by atoms with Crippen molar-refractivity contribution >= 4 is 17.3 Å². The maximum atomic E-state index is 12.0. The van der Waals surface area contributed by atoms with Crippen molar-refractivity contribution in [1.29, 1.82) is 0 Å². The lowest BCUT2D eigenvalue weighted by molar-refractivity contribution is -0.118. The first-order chi connectivity index (χ1) is 14.2. The number of hydrogen-bond donors (Lipinski definition) is 2. The van der Waals surface area contributed by atoms with Crippen molar-refractivity contribution < 1.29 is 19.0 Å². The van der Waals surface area contributed by atoms with Crippen molar-refractivity contribution in [3.8, 4) is 17.2 Å². The third-order valence-electron chi connectivity index (χ3n) is 4.50. The summed E-state index contributed by atoms with van der Waals surface area (Å²) in [5, 5.41) is 6.16. The Morgan fingerprint density at radius 3 is 2.45 bits per heavy atom. The summed E-state index contributed by atoms with van der Waals surface area (Å²) in [5.41, 5.74) is 3.96. The molecular formula is C23H22N2O4. The lowest BCUT2D eigenvalue weighted by atomic mass is 10.2. The van der Waals surface area contributed by atoms with Crippen molar-refractivity contribution in [3.63, 3.8) is 0 Å². The van der Waals surface area contributed by atoms with Crippen LogP contribution in [0.5, 0.6) is 17.2 Å². The highest BCUT2D eigenvalue weighted by Gasteiger charge is 2.13. The van der Waals surface area contributed by atoms with Gasteiger partial charge in [-0.15, -0.1) is 0 Å².